The van der Waals surface area contributed by atoms with Crippen molar-refractivity contribution >= 4 is 17.7 Å². The lowest BCUT2D eigenvalue weighted by Gasteiger charge is -2.43. The van der Waals surface area contributed by atoms with Crippen molar-refractivity contribution < 1.29 is 4.74 Å². The van der Waals surface area contributed by atoms with E-state index in [1.165, 1.54) is 63.1 Å². The van der Waals surface area contributed by atoms with Gasteiger partial charge in [0.25, 0.3) is 0 Å². The van der Waals surface area contributed by atoms with Gasteiger partial charge in [-0.1, -0.05) is 12.8 Å². The number of guanidine groups is 1. The van der Waals surface area contributed by atoms with Crippen LogP contribution in [0.25, 0.3) is 0 Å². The van der Waals surface area contributed by atoms with E-state index in [4.69, 9.17) is 4.74 Å². The van der Waals surface area contributed by atoms with Crippen molar-refractivity contribution in [1.82, 2.24) is 20.4 Å². The third-order valence-corrected chi connectivity index (χ3v) is 8.21. The minimum atomic E-state index is 0.262. The molecule has 0 bridgehead atoms. The molecule has 1 aliphatic carbocycles. The van der Waals surface area contributed by atoms with E-state index in [1.807, 2.05) is 7.05 Å². The Hall–Kier alpha value is -0.500. The average molecular weight is 396 g/mol. The van der Waals surface area contributed by atoms with Gasteiger partial charge in [-0.25, -0.2) is 0 Å². The second-order valence-corrected chi connectivity index (χ2v) is 9.72. The standard InChI is InChI=1S/C20H37N5OS/c1-21-19(23-17-6-8-24(14-17)18-4-2-3-5-18)22-15-20(7-13-27-16-20)25-9-11-26-12-10-25/h17-18H,2-16H2,1H3,(H2,21,22,23). The Balaban J connectivity index is 1.28. The molecule has 4 aliphatic rings. The Morgan fingerprint density at radius 1 is 1.19 bits per heavy atom. The fourth-order valence-electron chi connectivity index (χ4n) is 5.28. The van der Waals surface area contributed by atoms with Crippen LogP contribution in [0.2, 0.25) is 0 Å². The predicted octanol–water partition coefficient (Wildman–Crippen LogP) is 1.38. The zero-order chi connectivity index (χ0) is 18.5. The van der Waals surface area contributed by atoms with Gasteiger partial charge in [-0.2, -0.15) is 11.8 Å². The van der Waals surface area contributed by atoms with E-state index in [0.29, 0.717) is 6.04 Å². The van der Waals surface area contributed by atoms with Crippen LogP contribution < -0.4 is 10.6 Å². The van der Waals surface area contributed by atoms with Crippen LogP contribution in [0.3, 0.4) is 0 Å². The zero-order valence-electron chi connectivity index (χ0n) is 16.9. The summed E-state index contributed by atoms with van der Waals surface area (Å²) in [6.45, 7) is 7.28. The number of morpholine rings is 1. The highest BCUT2D eigenvalue weighted by atomic mass is 32.2. The van der Waals surface area contributed by atoms with Crippen molar-refractivity contribution in [2.24, 2.45) is 4.99 Å². The van der Waals surface area contributed by atoms with E-state index >= 15 is 0 Å². The van der Waals surface area contributed by atoms with Crippen molar-refractivity contribution in [3.05, 3.63) is 0 Å². The van der Waals surface area contributed by atoms with E-state index < -0.39 is 0 Å². The largest absolute Gasteiger partial charge is 0.379 e. The Morgan fingerprint density at radius 3 is 2.70 bits per heavy atom. The molecule has 3 saturated heterocycles. The van der Waals surface area contributed by atoms with Crippen LogP contribution in [0.5, 0.6) is 0 Å². The molecule has 0 amide bonds. The molecule has 7 heteroatoms. The van der Waals surface area contributed by atoms with Crippen LogP contribution in [0.1, 0.15) is 38.5 Å². The second-order valence-electron chi connectivity index (χ2n) is 8.62. The summed E-state index contributed by atoms with van der Waals surface area (Å²) in [5.41, 5.74) is 0.262. The lowest BCUT2D eigenvalue weighted by Crippen LogP contribution is -2.60. The molecule has 0 aromatic heterocycles. The Bertz CT molecular complexity index is 499. The van der Waals surface area contributed by atoms with Crippen LogP contribution in [0.15, 0.2) is 4.99 Å². The van der Waals surface area contributed by atoms with Gasteiger partial charge < -0.3 is 15.4 Å². The highest BCUT2D eigenvalue weighted by Gasteiger charge is 2.41. The van der Waals surface area contributed by atoms with Gasteiger partial charge in [-0.15, -0.1) is 0 Å². The van der Waals surface area contributed by atoms with Crippen LogP contribution in [-0.2, 0) is 4.74 Å². The molecule has 154 valence electrons. The molecular weight excluding hydrogens is 358 g/mol. The fraction of sp³-hybridized carbons (Fsp3) is 0.950. The van der Waals surface area contributed by atoms with Crippen molar-refractivity contribution in [3.63, 3.8) is 0 Å². The summed E-state index contributed by atoms with van der Waals surface area (Å²) in [7, 11) is 1.91. The molecule has 2 atom stereocenters. The maximum atomic E-state index is 5.58. The lowest BCUT2D eigenvalue weighted by molar-refractivity contribution is -0.0120. The van der Waals surface area contributed by atoms with Gasteiger partial charge in [0.05, 0.1) is 13.2 Å². The van der Waals surface area contributed by atoms with Crippen LogP contribution in [0.4, 0.5) is 0 Å². The summed E-state index contributed by atoms with van der Waals surface area (Å²) in [6, 6.07) is 1.38. The second kappa shape index (κ2) is 9.33. The number of nitrogens with zero attached hydrogens (tertiary/aromatic N) is 3. The molecule has 2 unspecified atom stereocenters. The Morgan fingerprint density at radius 2 is 2.00 bits per heavy atom. The molecular formula is C20H37N5OS. The van der Waals surface area contributed by atoms with Gasteiger partial charge in [-0.3, -0.25) is 14.8 Å². The van der Waals surface area contributed by atoms with Crippen molar-refractivity contribution in [2.45, 2.75) is 56.1 Å². The van der Waals surface area contributed by atoms with Crippen molar-refractivity contribution in [2.75, 3.05) is 64.5 Å². The van der Waals surface area contributed by atoms with E-state index in [1.54, 1.807) is 0 Å². The molecule has 4 rings (SSSR count). The first-order valence-electron chi connectivity index (χ1n) is 10.9. The number of thioether (sulfide) groups is 1. The van der Waals surface area contributed by atoms with Crippen molar-refractivity contribution in [1.29, 1.82) is 0 Å². The average Bonchev–Trinajstić information content (AvgIpc) is 3.48. The molecule has 0 aromatic rings. The van der Waals surface area contributed by atoms with Gasteiger partial charge in [-0.05, 0) is 31.4 Å². The molecule has 0 radical (unpaired) electrons. The summed E-state index contributed by atoms with van der Waals surface area (Å²) in [4.78, 5) is 9.91. The van der Waals surface area contributed by atoms with Crippen molar-refractivity contribution in [3.8, 4) is 0 Å². The third-order valence-electron chi connectivity index (χ3n) is 6.97. The number of hydrogen-bond donors (Lipinski definition) is 2. The maximum absolute atomic E-state index is 5.58. The topological polar surface area (TPSA) is 52.1 Å². The van der Waals surface area contributed by atoms with Gasteiger partial charge in [0, 0.05) is 63.1 Å². The van der Waals surface area contributed by atoms with Gasteiger partial charge in [0.2, 0.25) is 0 Å². The Kier molecular flexibility index (Phi) is 6.84. The van der Waals surface area contributed by atoms with Crippen LogP contribution >= 0.6 is 11.8 Å². The van der Waals surface area contributed by atoms with E-state index in [2.05, 4.69) is 37.2 Å². The number of aliphatic imine (C=N–C) groups is 1. The van der Waals surface area contributed by atoms with Crippen LogP contribution in [-0.4, -0.2) is 97.9 Å². The fourth-order valence-corrected chi connectivity index (χ4v) is 6.75. The first-order valence-corrected chi connectivity index (χ1v) is 12.1. The molecule has 0 spiro atoms. The zero-order valence-corrected chi connectivity index (χ0v) is 17.7. The highest BCUT2D eigenvalue weighted by Crippen LogP contribution is 2.33. The van der Waals surface area contributed by atoms with Crippen LogP contribution in [0, 0.1) is 0 Å². The minimum Gasteiger partial charge on any atom is -0.379 e. The quantitative estimate of drug-likeness (QED) is 0.542. The lowest BCUT2D eigenvalue weighted by atomic mass is 9.95. The SMILES string of the molecule is CN=C(NCC1(N2CCOCC2)CCSC1)NC1CCN(C2CCCC2)C1. The molecule has 0 aromatic carbocycles. The van der Waals surface area contributed by atoms with E-state index in [-0.39, 0.29) is 5.54 Å². The number of nitrogens with one attached hydrogen (secondary N) is 2. The summed E-state index contributed by atoms with van der Waals surface area (Å²) >= 11 is 2.09. The minimum absolute atomic E-state index is 0.262. The molecule has 6 nitrogen and oxygen atoms in total. The van der Waals surface area contributed by atoms with Gasteiger partial charge in [0.1, 0.15) is 0 Å². The highest BCUT2D eigenvalue weighted by molar-refractivity contribution is 7.99. The monoisotopic (exact) mass is 395 g/mol. The summed E-state index contributed by atoms with van der Waals surface area (Å²) in [5.74, 6) is 3.47. The number of hydrogen-bond acceptors (Lipinski definition) is 5. The van der Waals surface area contributed by atoms with E-state index in [0.717, 1.165) is 44.8 Å². The molecule has 4 fully saturated rings. The first kappa shape index (κ1) is 19.8. The molecule has 2 N–H and O–H groups in total. The third kappa shape index (κ3) is 4.74. The maximum Gasteiger partial charge on any atom is 0.191 e. The number of ether oxygens (including phenoxy) is 1. The molecule has 27 heavy (non-hydrogen) atoms. The normalized spacial score (nSPS) is 34.4. The number of likely N-dealkylation sites (tertiary alicyclic amines) is 1. The molecule has 3 aliphatic heterocycles. The van der Waals surface area contributed by atoms with Gasteiger partial charge >= 0.3 is 0 Å². The van der Waals surface area contributed by atoms with Gasteiger partial charge in [0.15, 0.2) is 5.96 Å². The summed E-state index contributed by atoms with van der Waals surface area (Å²) < 4.78 is 5.58. The molecule has 3 heterocycles. The smallest absolute Gasteiger partial charge is 0.191 e. The van der Waals surface area contributed by atoms with E-state index in [9.17, 15) is 0 Å². The predicted molar refractivity (Wildman–Crippen MR) is 114 cm³/mol. The Labute approximate surface area is 168 Å². The molecule has 1 saturated carbocycles. The number of rotatable bonds is 5. The first-order chi connectivity index (χ1) is 13.3. The summed E-state index contributed by atoms with van der Waals surface area (Å²) in [6.07, 6.45) is 8.15. The summed E-state index contributed by atoms with van der Waals surface area (Å²) in [5, 5.41) is 7.40.